The van der Waals surface area contributed by atoms with Crippen molar-refractivity contribution >= 4 is 0 Å². The lowest BCUT2D eigenvalue weighted by molar-refractivity contribution is 0.969. The fourth-order valence-corrected chi connectivity index (χ4v) is 0.112. The molecule has 0 aromatic rings. The number of rotatable bonds is 1. The van der Waals surface area contributed by atoms with Crippen molar-refractivity contribution in [2.75, 3.05) is 0 Å². The normalized spacial score (nSPS) is 5.14. The van der Waals surface area contributed by atoms with Gasteiger partial charge in [-0.1, -0.05) is 6.92 Å². The Morgan fingerprint density at radius 3 is 2.00 bits per heavy atom. The van der Waals surface area contributed by atoms with Crippen LogP contribution in [0.15, 0.2) is 13.2 Å². The second kappa shape index (κ2) is 18.8. The van der Waals surface area contributed by atoms with Crippen LogP contribution in [-0.2, 0) is 0 Å². The predicted octanol–water partition coefficient (Wildman–Crippen LogP) is 2.11. The molecule has 0 rings (SSSR count). The van der Waals surface area contributed by atoms with Gasteiger partial charge in [0.2, 0.25) is 0 Å². The lowest BCUT2D eigenvalue weighted by Crippen LogP contribution is -1.53. The molecule has 0 saturated heterocycles. The molecular formula is C6H11N. The summed E-state index contributed by atoms with van der Waals surface area (Å²) in [5.74, 6) is 0. The first-order chi connectivity index (χ1) is 3.41. The van der Waals surface area contributed by atoms with Crippen molar-refractivity contribution in [1.82, 2.24) is 0 Å². The third-order valence-corrected chi connectivity index (χ3v) is 0.362. The first kappa shape index (κ1) is 9.52. The molecule has 0 amide bonds. The molecule has 0 aromatic heterocycles. The number of hydrogen-bond donors (Lipinski definition) is 0. The average Bonchev–Trinajstić information content (AvgIpc) is 1.75. The summed E-state index contributed by atoms with van der Waals surface area (Å²) in [4.78, 5) is 0. The molecule has 1 heteroatoms. The molecule has 0 radical (unpaired) electrons. The monoisotopic (exact) mass is 97.1 g/mol. The molecule has 0 fully saturated rings. The summed E-state index contributed by atoms with van der Waals surface area (Å²) in [6.07, 6.45) is 1.68. The second-order valence-electron chi connectivity index (χ2n) is 0.908. The Hall–Kier alpha value is -0.770. The van der Waals surface area contributed by atoms with Crippen molar-refractivity contribution < 1.29 is 0 Å². The van der Waals surface area contributed by atoms with Gasteiger partial charge in [-0.05, 0) is 6.42 Å². The highest BCUT2D eigenvalue weighted by molar-refractivity contribution is 4.65. The van der Waals surface area contributed by atoms with Gasteiger partial charge >= 0.3 is 0 Å². The smallest absolute Gasteiger partial charge is 0.0621 e. The molecule has 0 saturated carbocycles. The lowest BCUT2D eigenvalue weighted by atomic mass is 10.4. The fraction of sp³-hybridized carbons (Fsp3) is 0.500. The van der Waals surface area contributed by atoms with Gasteiger partial charge in [-0.2, -0.15) is 5.26 Å². The van der Waals surface area contributed by atoms with E-state index in [4.69, 9.17) is 5.26 Å². The first-order valence-corrected chi connectivity index (χ1v) is 2.28. The Balaban J connectivity index is 0. The van der Waals surface area contributed by atoms with E-state index in [9.17, 15) is 0 Å². The van der Waals surface area contributed by atoms with Crippen molar-refractivity contribution in [1.29, 1.82) is 5.26 Å². The van der Waals surface area contributed by atoms with Gasteiger partial charge in [0, 0.05) is 6.42 Å². The zero-order valence-corrected chi connectivity index (χ0v) is 4.78. The van der Waals surface area contributed by atoms with Crippen LogP contribution in [0.1, 0.15) is 19.8 Å². The van der Waals surface area contributed by atoms with E-state index in [-0.39, 0.29) is 0 Å². The largest absolute Gasteiger partial charge is 0.198 e. The molecule has 1 nitrogen and oxygen atoms in total. The minimum atomic E-state index is 0.694. The fourth-order valence-electron chi connectivity index (χ4n) is 0.112. The third-order valence-electron chi connectivity index (χ3n) is 0.362. The molecule has 0 spiro atoms. The van der Waals surface area contributed by atoms with Gasteiger partial charge in [-0.25, -0.2) is 0 Å². The van der Waals surface area contributed by atoms with E-state index in [1.54, 1.807) is 0 Å². The molecule has 7 heavy (non-hydrogen) atoms. The number of hydrogen-bond acceptors (Lipinski definition) is 1. The van der Waals surface area contributed by atoms with Crippen LogP contribution in [0, 0.1) is 11.3 Å². The molecule has 0 aliphatic carbocycles. The Morgan fingerprint density at radius 2 is 2.00 bits per heavy atom. The molecule has 0 aliphatic heterocycles. The first-order valence-electron chi connectivity index (χ1n) is 2.28. The Morgan fingerprint density at radius 1 is 1.57 bits per heavy atom. The summed E-state index contributed by atoms with van der Waals surface area (Å²) in [5.41, 5.74) is 0. The number of nitrogens with zero attached hydrogens (tertiary/aromatic N) is 1. The molecule has 0 atom stereocenters. The minimum Gasteiger partial charge on any atom is -0.198 e. The highest BCUT2D eigenvalue weighted by Gasteiger charge is 1.65. The van der Waals surface area contributed by atoms with E-state index in [0.29, 0.717) is 6.42 Å². The zero-order valence-electron chi connectivity index (χ0n) is 4.78. The quantitative estimate of drug-likeness (QED) is 0.460. The van der Waals surface area contributed by atoms with Crippen LogP contribution in [-0.4, -0.2) is 0 Å². The predicted molar refractivity (Wildman–Crippen MR) is 31.8 cm³/mol. The lowest BCUT2D eigenvalue weighted by Gasteiger charge is -1.65. The van der Waals surface area contributed by atoms with E-state index < -0.39 is 0 Å². The van der Waals surface area contributed by atoms with Crippen LogP contribution in [0.3, 0.4) is 0 Å². The Labute approximate surface area is 45.3 Å². The highest BCUT2D eigenvalue weighted by atomic mass is 14.2. The SMILES string of the molecule is C=C.CCCC#N. The van der Waals surface area contributed by atoms with Crippen LogP contribution in [0.5, 0.6) is 0 Å². The van der Waals surface area contributed by atoms with Gasteiger partial charge in [-0.3, -0.25) is 0 Å². The Bertz CT molecular complexity index is 51.7. The third kappa shape index (κ3) is 36.1. The molecule has 0 N–H and O–H groups in total. The van der Waals surface area contributed by atoms with E-state index in [1.165, 1.54) is 0 Å². The van der Waals surface area contributed by atoms with Gasteiger partial charge in [0.25, 0.3) is 0 Å². The maximum Gasteiger partial charge on any atom is 0.0621 e. The summed E-state index contributed by atoms with van der Waals surface area (Å²) in [6.45, 7) is 7.99. The van der Waals surface area contributed by atoms with E-state index in [1.807, 2.05) is 13.0 Å². The van der Waals surface area contributed by atoms with E-state index >= 15 is 0 Å². The van der Waals surface area contributed by atoms with Gasteiger partial charge in [0.1, 0.15) is 0 Å². The molecule has 0 heterocycles. The summed E-state index contributed by atoms with van der Waals surface area (Å²) < 4.78 is 0. The molecule has 0 aromatic carbocycles. The standard InChI is InChI=1S/C4H7N.C2H4/c1-2-3-4-5;1-2/h2-3H2,1H3;1-2H2. The number of nitriles is 1. The van der Waals surface area contributed by atoms with Crippen molar-refractivity contribution in [3.05, 3.63) is 13.2 Å². The second-order valence-corrected chi connectivity index (χ2v) is 0.908. The highest BCUT2D eigenvalue weighted by Crippen LogP contribution is 1.77. The number of unbranched alkanes of at least 4 members (excludes halogenated alkanes) is 1. The molecule has 0 aliphatic rings. The average molecular weight is 97.2 g/mol. The van der Waals surface area contributed by atoms with Gasteiger partial charge in [0.05, 0.1) is 6.07 Å². The summed E-state index contributed by atoms with van der Waals surface area (Å²) in [5, 5.41) is 7.82. The van der Waals surface area contributed by atoms with Crippen LogP contribution in [0.25, 0.3) is 0 Å². The van der Waals surface area contributed by atoms with Crippen molar-refractivity contribution in [2.45, 2.75) is 19.8 Å². The van der Waals surface area contributed by atoms with Crippen LogP contribution < -0.4 is 0 Å². The van der Waals surface area contributed by atoms with Crippen LogP contribution >= 0.6 is 0 Å². The maximum absolute atomic E-state index is 7.82. The van der Waals surface area contributed by atoms with Crippen molar-refractivity contribution in [2.24, 2.45) is 0 Å². The summed E-state index contributed by atoms with van der Waals surface area (Å²) >= 11 is 0. The van der Waals surface area contributed by atoms with E-state index in [2.05, 4.69) is 13.2 Å². The van der Waals surface area contributed by atoms with Crippen LogP contribution in [0.2, 0.25) is 0 Å². The van der Waals surface area contributed by atoms with Gasteiger partial charge in [-0.15, -0.1) is 13.2 Å². The zero-order chi connectivity index (χ0) is 6.12. The van der Waals surface area contributed by atoms with Gasteiger partial charge < -0.3 is 0 Å². The van der Waals surface area contributed by atoms with Crippen molar-refractivity contribution in [3.63, 3.8) is 0 Å². The van der Waals surface area contributed by atoms with Crippen molar-refractivity contribution in [3.8, 4) is 6.07 Å². The summed E-state index contributed by atoms with van der Waals surface area (Å²) in [6, 6.07) is 2.02. The molecule has 0 bridgehead atoms. The molecule has 40 valence electrons. The molecule has 0 unspecified atom stereocenters. The maximum atomic E-state index is 7.82. The molecular weight excluding hydrogens is 86.1 g/mol. The van der Waals surface area contributed by atoms with E-state index in [0.717, 1.165) is 6.42 Å². The van der Waals surface area contributed by atoms with Gasteiger partial charge in [0.15, 0.2) is 0 Å². The summed E-state index contributed by atoms with van der Waals surface area (Å²) in [7, 11) is 0. The van der Waals surface area contributed by atoms with Crippen LogP contribution in [0.4, 0.5) is 0 Å². The minimum absolute atomic E-state index is 0.694. The topological polar surface area (TPSA) is 23.8 Å². The Kier molecular flexibility index (Phi) is 25.6.